The Hall–Kier alpha value is -2.62. The van der Waals surface area contributed by atoms with Gasteiger partial charge < -0.3 is 5.11 Å². The Balaban J connectivity index is 2.09. The fourth-order valence-electron chi connectivity index (χ4n) is 1.99. The summed E-state index contributed by atoms with van der Waals surface area (Å²) in [5.41, 5.74) is 8.63. The van der Waals surface area contributed by atoms with Crippen LogP contribution in [-0.4, -0.2) is 17.3 Å². The first-order valence-electron chi connectivity index (χ1n) is 6.67. The van der Waals surface area contributed by atoms with Crippen LogP contribution in [0.1, 0.15) is 32.6 Å². The van der Waals surface area contributed by atoms with Crippen LogP contribution in [0.25, 0.3) is 0 Å². The highest BCUT2D eigenvalue weighted by Gasteiger charge is 2.01. The number of nitrogens with one attached hydrogen (secondary N) is 1. The zero-order chi connectivity index (χ0) is 15.4. The molecule has 0 unspecified atom stereocenters. The molecule has 0 radical (unpaired) electrons. The van der Waals surface area contributed by atoms with Crippen molar-refractivity contribution in [1.29, 1.82) is 0 Å². The molecule has 2 N–H and O–H groups in total. The lowest BCUT2D eigenvalue weighted by atomic mass is 10.0. The fraction of sp³-hybridized carbons (Fsp3) is 0.176. The van der Waals surface area contributed by atoms with Crippen LogP contribution in [-0.2, 0) is 0 Å². The lowest BCUT2D eigenvalue weighted by Crippen LogP contribution is -1.97. The molecule has 4 nitrogen and oxygen atoms in total. The molecule has 0 bridgehead atoms. The second kappa shape index (κ2) is 6.22. The number of hydrogen-bond donors (Lipinski definition) is 2. The van der Waals surface area contributed by atoms with E-state index in [1.54, 1.807) is 30.5 Å². The maximum Gasteiger partial charge on any atom is 0.335 e. The molecule has 0 saturated carbocycles. The van der Waals surface area contributed by atoms with Gasteiger partial charge in [-0.25, -0.2) is 4.79 Å². The molecule has 4 heteroatoms. The van der Waals surface area contributed by atoms with Crippen LogP contribution in [0.5, 0.6) is 0 Å². The predicted octanol–water partition coefficient (Wildman–Crippen LogP) is 3.76. The third-order valence-electron chi connectivity index (χ3n) is 3.41. The average Bonchev–Trinajstić information content (AvgIpc) is 2.45. The molecule has 0 aromatic heterocycles. The highest BCUT2D eigenvalue weighted by atomic mass is 16.4. The van der Waals surface area contributed by atoms with E-state index in [2.05, 4.69) is 43.4 Å². The number of hydrazone groups is 1. The summed E-state index contributed by atoms with van der Waals surface area (Å²) in [6.07, 6.45) is 1.77. The maximum absolute atomic E-state index is 10.8. The largest absolute Gasteiger partial charge is 0.478 e. The summed E-state index contributed by atoms with van der Waals surface area (Å²) in [4.78, 5) is 10.8. The van der Waals surface area contributed by atoms with Crippen LogP contribution >= 0.6 is 0 Å². The van der Waals surface area contributed by atoms with Crippen LogP contribution in [0.15, 0.2) is 41.5 Å². The van der Waals surface area contributed by atoms with Crippen molar-refractivity contribution >= 4 is 17.9 Å². The van der Waals surface area contributed by atoms with E-state index in [1.165, 1.54) is 16.7 Å². The van der Waals surface area contributed by atoms with E-state index < -0.39 is 5.97 Å². The topological polar surface area (TPSA) is 61.7 Å². The highest BCUT2D eigenvalue weighted by Crippen LogP contribution is 2.14. The Morgan fingerprint density at radius 3 is 2.29 bits per heavy atom. The molecular weight excluding hydrogens is 264 g/mol. The molecular formula is C17H18N2O2. The first-order valence-corrected chi connectivity index (χ1v) is 6.67. The van der Waals surface area contributed by atoms with Crippen molar-refractivity contribution in [3.05, 3.63) is 64.2 Å². The molecule has 0 saturated heterocycles. The summed E-state index contributed by atoms with van der Waals surface area (Å²) in [5.74, 6) is -0.934. The first-order chi connectivity index (χ1) is 9.97. The smallest absolute Gasteiger partial charge is 0.335 e. The first kappa shape index (κ1) is 14.8. The van der Waals surface area contributed by atoms with Gasteiger partial charge in [0.05, 0.1) is 17.5 Å². The number of carboxylic acids is 1. The number of carboxylic acid groups (broad SMARTS) is 1. The van der Waals surface area contributed by atoms with Crippen molar-refractivity contribution in [2.45, 2.75) is 20.8 Å². The minimum absolute atomic E-state index is 0.259. The van der Waals surface area contributed by atoms with Gasteiger partial charge in [-0.3, -0.25) is 5.43 Å². The summed E-state index contributed by atoms with van der Waals surface area (Å²) < 4.78 is 0. The minimum Gasteiger partial charge on any atom is -0.478 e. The molecule has 0 aliphatic rings. The number of carbonyl (C=O) groups is 1. The van der Waals surface area contributed by atoms with Crippen LogP contribution in [0.3, 0.4) is 0 Å². The predicted molar refractivity (Wildman–Crippen MR) is 85.3 cm³/mol. The normalized spacial score (nSPS) is 10.8. The Morgan fingerprint density at radius 2 is 1.67 bits per heavy atom. The van der Waals surface area contributed by atoms with Crippen molar-refractivity contribution in [2.75, 3.05) is 5.43 Å². The van der Waals surface area contributed by atoms with Gasteiger partial charge in [0, 0.05) is 0 Å². The number of aryl methyl sites for hydroxylation is 3. The average molecular weight is 282 g/mol. The lowest BCUT2D eigenvalue weighted by Gasteiger charge is -2.06. The lowest BCUT2D eigenvalue weighted by molar-refractivity contribution is 0.0697. The van der Waals surface area contributed by atoms with Gasteiger partial charge in [0.1, 0.15) is 0 Å². The molecule has 0 spiro atoms. The molecule has 0 heterocycles. The van der Waals surface area contributed by atoms with Crippen molar-refractivity contribution in [1.82, 2.24) is 0 Å². The maximum atomic E-state index is 10.8. The van der Waals surface area contributed by atoms with Crippen molar-refractivity contribution < 1.29 is 9.90 Å². The summed E-state index contributed by atoms with van der Waals surface area (Å²) in [5, 5.41) is 13.0. The fourth-order valence-corrected chi connectivity index (χ4v) is 1.99. The van der Waals surface area contributed by atoms with E-state index in [0.29, 0.717) is 0 Å². The van der Waals surface area contributed by atoms with Gasteiger partial charge >= 0.3 is 5.97 Å². The van der Waals surface area contributed by atoms with Gasteiger partial charge in [-0.15, -0.1) is 0 Å². The SMILES string of the molecule is Cc1cc(C)c(/C=N\Nc2ccc(C(=O)O)cc2)cc1C. The molecule has 108 valence electrons. The third kappa shape index (κ3) is 3.69. The van der Waals surface area contributed by atoms with Crippen molar-refractivity contribution in [3.8, 4) is 0 Å². The van der Waals surface area contributed by atoms with Gasteiger partial charge in [-0.2, -0.15) is 5.10 Å². The summed E-state index contributed by atoms with van der Waals surface area (Å²) >= 11 is 0. The third-order valence-corrected chi connectivity index (χ3v) is 3.41. The van der Waals surface area contributed by atoms with Crippen molar-refractivity contribution in [2.24, 2.45) is 5.10 Å². The molecule has 0 amide bonds. The molecule has 2 aromatic carbocycles. The Labute approximate surface area is 124 Å². The Bertz CT molecular complexity index is 689. The van der Waals surface area contributed by atoms with Gasteiger partial charge in [0.25, 0.3) is 0 Å². The summed E-state index contributed by atoms with van der Waals surface area (Å²) in [7, 11) is 0. The standard InChI is InChI=1S/C17H18N2O2/c1-11-8-13(3)15(9-12(11)2)10-18-19-16-6-4-14(5-7-16)17(20)21/h4-10,19H,1-3H3,(H,20,21)/b18-10-. The monoisotopic (exact) mass is 282 g/mol. The molecule has 2 rings (SSSR count). The number of rotatable bonds is 4. The van der Waals surface area contributed by atoms with E-state index in [4.69, 9.17) is 5.11 Å². The van der Waals surface area contributed by atoms with Gasteiger partial charge in [-0.1, -0.05) is 6.07 Å². The Kier molecular flexibility index (Phi) is 4.38. The van der Waals surface area contributed by atoms with Crippen LogP contribution < -0.4 is 5.43 Å². The minimum atomic E-state index is -0.934. The molecule has 0 aliphatic carbocycles. The number of nitrogens with zero attached hydrogens (tertiary/aromatic N) is 1. The molecule has 2 aromatic rings. The zero-order valence-electron chi connectivity index (χ0n) is 12.3. The van der Waals surface area contributed by atoms with E-state index in [9.17, 15) is 4.79 Å². The summed E-state index contributed by atoms with van der Waals surface area (Å²) in [6.45, 7) is 6.21. The summed E-state index contributed by atoms with van der Waals surface area (Å²) in [6, 6.07) is 10.7. The van der Waals surface area contributed by atoms with Crippen LogP contribution in [0.4, 0.5) is 5.69 Å². The second-order valence-corrected chi connectivity index (χ2v) is 5.05. The van der Waals surface area contributed by atoms with E-state index in [0.717, 1.165) is 11.3 Å². The number of aromatic carboxylic acids is 1. The van der Waals surface area contributed by atoms with Gasteiger partial charge in [-0.05, 0) is 73.4 Å². The highest BCUT2D eigenvalue weighted by molar-refractivity contribution is 5.88. The molecule has 21 heavy (non-hydrogen) atoms. The van der Waals surface area contributed by atoms with Gasteiger partial charge in [0.15, 0.2) is 0 Å². The number of benzene rings is 2. The van der Waals surface area contributed by atoms with Crippen LogP contribution in [0, 0.1) is 20.8 Å². The van der Waals surface area contributed by atoms with Crippen molar-refractivity contribution in [3.63, 3.8) is 0 Å². The van der Waals surface area contributed by atoms with E-state index in [1.807, 2.05) is 0 Å². The number of hydrogen-bond acceptors (Lipinski definition) is 3. The molecule has 0 aliphatic heterocycles. The number of anilines is 1. The van der Waals surface area contributed by atoms with Gasteiger partial charge in [0.2, 0.25) is 0 Å². The Morgan fingerprint density at radius 1 is 1.05 bits per heavy atom. The van der Waals surface area contributed by atoms with Crippen LogP contribution in [0.2, 0.25) is 0 Å². The van der Waals surface area contributed by atoms with E-state index in [-0.39, 0.29) is 5.56 Å². The molecule has 0 fully saturated rings. The zero-order valence-corrected chi connectivity index (χ0v) is 12.3. The molecule has 0 atom stereocenters. The van der Waals surface area contributed by atoms with E-state index >= 15 is 0 Å². The second-order valence-electron chi connectivity index (χ2n) is 5.05. The quantitative estimate of drug-likeness (QED) is 0.663.